The summed E-state index contributed by atoms with van der Waals surface area (Å²) in [4.78, 5) is 16.9. The summed E-state index contributed by atoms with van der Waals surface area (Å²) in [6.07, 6.45) is 2.14. The molecule has 0 saturated carbocycles. The number of carbonyl (C=O) groups is 1. The lowest BCUT2D eigenvalue weighted by Crippen LogP contribution is -2.40. The molecule has 0 radical (unpaired) electrons. The maximum Gasteiger partial charge on any atom is 0.222 e. The van der Waals surface area contributed by atoms with Gasteiger partial charge in [0, 0.05) is 26.1 Å². The van der Waals surface area contributed by atoms with Crippen LogP contribution in [-0.2, 0) is 9.53 Å². The molecule has 0 bridgehead atoms. The normalized spacial score (nSPS) is 14.4. The zero-order valence-electron chi connectivity index (χ0n) is 22.1. The first-order chi connectivity index (χ1) is 18.1. The molecule has 0 unspecified atom stereocenters. The van der Waals surface area contributed by atoms with Gasteiger partial charge < -0.3 is 19.3 Å². The van der Waals surface area contributed by atoms with E-state index in [4.69, 9.17) is 9.47 Å². The van der Waals surface area contributed by atoms with E-state index in [1.54, 1.807) is 0 Å². The molecule has 0 atom stereocenters. The summed E-state index contributed by atoms with van der Waals surface area (Å²) in [5.41, 5.74) is 5.95. The van der Waals surface area contributed by atoms with Gasteiger partial charge in [-0.1, -0.05) is 72.8 Å². The minimum Gasteiger partial charge on any atom is -0.492 e. The number of hydrogen-bond acceptors (Lipinski definition) is 4. The predicted molar refractivity (Wildman–Crippen MR) is 151 cm³/mol. The number of rotatable bonds is 11. The Bertz CT molecular complexity index is 1140. The molecule has 0 spiro atoms. The van der Waals surface area contributed by atoms with Gasteiger partial charge in [-0.3, -0.25) is 4.79 Å². The first kappa shape index (κ1) is 26.6. The van der Waals surface area contributed by atoms with Crippen LogP contribution in [0.4, 0.5) is 0 Å². The average molecular weight is 499 g/mol. The Morgan fingerprint density at radius 3 is 2.03 bits per heavy atom. The van der Waals surface area contributed by atoms with Crippen LogP contribution in [0.15, 0.2) is 84.9 Å². The summed E-state index contributed by atoms with van der Waals surface area (Å²) < 4.78 is 11.4. The van der Waals surface area contributed by atoms with E-state index in [1.807, 2.05) is 31.1 Å². The van der Waals surface area contributed by atoms with Crippen LogP contribution in [0.25, 0.3) is 11.1 Å². The Labute approximate surface area is 221 Å². The molecule has 3 aromatic carbocycles. The molecule has 5 heteroatoms. The fourth-order valence-corrected chi connectivity index (χ4v) is 4.62. The van der Waals surface area contributed by atoms with Gasteiger partial charge in [0.25, 0.3) is 0 Å². The lowest BCUT2D eigenvalue weighted by Gasteiger charge is -2.27. The minimum absolute atomic E-state index is 0.219. The zero-order valence-corrected chi connectivity index (χ0v) is 22.1. The monoisotopic (exact) mass is 498 g/mol. The van der Waals surface area contributed by atoms with Crippen LogP contribution in [0.2, 0.25) is 0 Å². The molecule has 194 valence electrons. The largest absolute Gasteiger partial charge is 0.492 e. The molecular weight excluding hydrogens is 460 g/mol. The van der Waals surface area contributed by atoms with Crippen molar-refractivity contribution in [3.8, 4) is 5.75 Å². The van der Waals surface area contributed by atoms with Crippen molar-refractivity contribution in [2.75, 3.05) is 53.6 Å². The third-order valence-corrected chi connectivity index (χ3v) is 6.62. The second-order valence-electron chi connectivity index (χ2n) is 9.61. The molecule has 1 fully saturated rings. The van der Waals surface area contributed by atoms with Crippen LogP contribution in [0.1, 0.15) is 36.0 Å². The van der Waals surface area contributed by atoms with Gasteiger partial charge in [-0.15, -0.1) is 0 Å². The molecule has 1 heterocycles. The standard InChI is InChI=1S/C32H38N2O3/c1-33(2)20-25-37-29-18-16-28(17-19-29)32(27-12-7-4-8-13-27)30(26-10-5-3-6-11-26)14-9-15-31(35)34-21-23-36-24-22-34/h3-8,10-13,16-19H,9,14-15,20-25H2,1-2H3/b32-30-. The van der Waals surface area contributed by atoms with Gasteiger partial charge in [0.1, 0.15) is 12.4 Å². The third-order valence-electron chi connectivity index (χ3n) is 6.62. The average Bonchev–Trinajstić information content (AvgIpc) is 2.94. The highest BCUT2D eigenvalue weighted by atomic mass is 16.5. The summed E-state index contributed by atoms with van der Waals surface area (Å²) in [5, 5.41) is 0. The smallest absolute Gasteiger partial charge is 0.222 e. The van der Waals surface area contributed by atoms with Crippen molar-refractivity contribution in [3.63, 3.8) is 0 Å². The zero-order chi connectivity index (χ0) is 25.9. The summed E-state index contributed by atoms with van der Waals surface area (Å²) in [7, 11) is 4.09. The Hall–Kier alpha value is -3.41. The van der Waals surface area contributed by atoms with Gasteiger partial charge in [-0.2, -0.15) is 0 Å². The highest BCUT2D eigenvalue weighted by Crippen LogP contribution is 2.36. The van der Waals surface area contributed by atoms with E-state index in [1.165, 1.54) is 22.3 Å². The molecule has 0 N–H and O–H groups in total. The SMILES string of the molecule is CN(C)CCOc1ccc(/C(=C(/CCCC(=O)N2CCOCC2)c2ccccc2)c2ccccc2)cc1. The van der Waals surface area contributed by atoms with Crippen molar-refractivity contribution in [1.29, 1.82) is 0 Å². The highest BCUT2D eigenvalue weighted by Gasteiger charge is 2.18. The summed E-state index contributed by atoms with van der Waals surface area (Å²) in [6.45, 7) is 4.18. The molecule has 0 aromatic heterocycles. The van der Waals surface area contributed by atoms with E-state index in [2.05, 4.69) is 77.7 Å². The van der Waals surface area contributed by atoms with Crippen molar-refractivity contribution in [1.82, 2.24) is 9.80 Å². The minimum atomic E-state index is 0.219. The predicted octanol–water partition coefficient (Wildman–Crippen LogP) is 5.62. The number of carbonyl (C=O) groups excluding carboxylic acids is 1. The Kier molecular flexibility index (Phi) is 9.92. The van der Waals surface area contributed by atoms with Crippen LogP contribution in [-0.4, -0.2) is 69.3 Å². The van der Waals surface area contributed by atoms with Gasteiger partial charge >= 0.3 is 0 Å². The number of nitrogens with zero attached hydrogens (tertiary/aromatic N) is 2. The highest BCUT2D eigenvalue weighted by molar-refractivity contribution is 5.98. The Morgan fingerprint density at radius 1 is 0.811 bits per heavy atom. The second-order valence-corrected chi connectivity index (χ2v) is 9.61. The van der Waals surface area contributed by atoms with Gasteiger partial charge in [0.2, 0.25) is 5.91 Å². The first-order valence-electron chi connectivity index (χ1n) is 13.2. The molecule has 1 saturated heterocycles. The van der Waals surface area contributed by atoms with Crippen molar-refractivity contribution in [2.45, 2.75) is 19.3 Å². The number of hydrogen-bond donors (Lipinski definition) is 0. The van der Waals surface area contributed by atoms with E-state index >= 15 is 0 Å². The lowest BCUT2D eigenvalue weighted by molar-refractivity contribution is -0.135. The van der Waals surface area contributed by atoms with Gasteiger partial charge in [0.15, 0.2) is 0 Å². The number of benzene rings is 3. The van der Waals surface area contributed by atoms with Crippen LogP contribution < -0.4 is 4.74 Å². The van der Waals surface area contributed by atoms with Gasteiger partial charge in [-0.05, 0) is 66.9 Å². The van der Waals surface area contributed by atoms with Crippen LogP contribution in [0.3, 0.4) is 0 Å². The van der Waals surface area contributed by atoms with Crippen molar-refractivity contribution < 1.29 is 14.3 Å². The number of morpholine rings is 1. The molecule has 1 amide bonds. The van der Waals surface area contributed by atoms with Crippen molar-refractivity contribution in [2.24, 2.45) is 0 Å². The summed E-state index contributed by atoms with van der Waals surface area (Å²) in [5.74, 6) is 1.09. The van der Waals surface area contributed by atoms with E-state index in [9.17, 15) is 4.79 Å². The van der Waals surface area contributed by atoms with Crippen LogP contribution in [0, 0.1) is 0 Å². The summed E-state index contributed by atoms with van der Waals surface area (Å²) in [6, 6.07) is 29.5. The van der Waals surface area contributed by atoms with Crippen molar-refractivity contribution >= 4 is 17.1 Å². The molecular formula is C32H38N2O3. The van der Waals surface area contributed by atoms with E-state index in [0.29, 0.717) is 39.3 Å². The molecule has 4 rings (SSSR count). The second kappa shape index (κ2) is 13.8. The molecule has 37 heavy (non-hydrogen) atoms. The van der Waals surface area contributed by atoms with E-state index in [0.717, 1.165) is 30.7 Å². The maximum atomic E-state index is 12.8. The number of amides is 1. The topological polar surface area (TPSA) is 42.0 Å². The van der Waals surface area contributed by atoms with Crippen LogP contribution in [0.5, 0.6) is 5.75 Å². The number of likely N-dealkylation sites (N-methyl/N-ethyl adjacent to an activating group) is 1. The molecule has 0 aliphatic carbocycles. The maximum absolute atomic E-state index is 12.8. The van der Waals surface area contributed by atoms with E-state index < -0.39 is 0 Å². The first-order valence-corrected chi connectivity index (χ1v) is 13.2. The lowest BCUT2D eigenvalue weighted by atomic mass is 9.87. The fraction of sp³-hybridized carbons (Fsp3) is 0.344. The van der Waals surface area contributed by atoms with E-state index in [-0.39, 0.29) is 5.91 Å². The Morgan fingerprint density at radius 2 is 1.41 bits per heavy atom. The third kappa shape index (κ3) is 7.78. The quantitative estimate of drug-likeness (QED) is 0.322. The fourth-order valence-electron chi connectivity index (χ4n) is 4.62. The van der Waals surface area contributed by atoms with Crippen LogP contribution >= 0.6 is 0 Å². The number of ether oxygens (including phenoxy) is 2. The van der Waals surface area contributed by atoms with Crippen molar-refractivity contribution in [3.05, 3.63) is 102 Å². The molecule has 1 aliphatic heterocycles. The van der Waals surface area contributed by atoms with Gasteiger partial charge in [0.05, 0.1) is 13.2 Å². The molecule has 3 aromatic rings. The summed E-state index contributed by atoms with van der Waals surface area (Å²) >= 11 is 0. The number of allylic oxidation sites excluding steroid dienone is 1. The molecule has 1 aliphatic rings. The molecule has 5 nitrogen and oxygen atoms in total. The Balaban J connectivity index is 1.63. The van der Waals surface area contributed by atoms with Gasteiger partial charge in [-0.25, -0.2) is 0 Å².